The Hall–Kier alpha value is -1.56. The van der Waals surface area contributed by atoms with Crippen molar-refractivity contribution >= 4 is 27.8 Å². The molecule has 0 aromatic heterocycles. The van der Waals surface area contributed by atoms with E-state index in [0.717, 1.165) is 10.2 Å². The van der Waals surface area contributed by atoms with Crippen molar-refractivity contribution < 1.29 is 19.4 Å². The van der Waals surface area contributed by atoms with Crippen LogP contribution in [-0.2, 0) is 9.59 Å². The van der Waals surface area contributed by atoms with Gasteiger partial charge in [-0.05, 0) is 37.6 Å². The molecule has 0 heterocycles. The molecule has 0 bridgehead atoms. The highest BCUT2D eigenvalue weighted by atomic mass is 79.9. The summed E-state index contributed by atoms with van der Waals surface area (Å²) in [4.78, 5) is 22.0. The van der Waals surface area contributed by atoms with Gasteiger partial charge in [-0.2, -0.15) is 0 Å². The summed E-state index contributed by atoms with van der Waals surface area (Å²) < 4.78 is 6.47. The fraction of sp³-hybridized carbons (Fsp3) is 0.429. The molecule has 0 aliphatic rings. The number of rotatable bonds is 8. The van der Waals surface area contributed by atoms with Gasteiger partial charge < -0.3 is 15.2 Å². The van der Waals surface area contributed by atoms with Gasteiger partial charge in [-0.1, -0.05) is 15.9 Å². The molecule has 1 unspecified atom stereocenters. The zero-order valence-electron chi connectivity index (χ0n) is 11.3. The molecule has 20 heavy (non-hydrogen) atoms. The number of amides is 1. The fourth-order valence-electron chi connectivity index (χ4n) is 1.61. The van der Waals surface area contributed by atoms with E-state index < -0.39 is 5.97 Å². The van der Waals surface area contributed by atoms with E-state index in [2.05, 4.69) is 21.2 Å². The molecule has 0 saturated heterocycles. The highest BCUT2D eigenvalue weighted by molar-refractivity contribution is 9.10. The lowest BCUT2D eigenvalue weighted by Gasteiger charge is -2.11. The van der Waals surface area contributed by atoms with Crippen LogP contribution in [-0.4, -0.2) is 29.6 Å². The zero-order chi connectivity index (χ0) is 15.0. The number of hydrogen-bond donors (Lipinski definition) is 2. The van der Waals surface area contributed by atoms with Crippen LogP contribution in [0.15, 0.2) is 28.7 Å². The molecule has 2 N–H and O–H groups in total. The third kappa shape index (κ3) is 7.13. The van der Waals surface area contributed by atoms with Gasteiger partial charge in [0.2, 0.25) is 5.91 Å². The molecular formula is C14H18BrNO4. The van der Waals surface area contributed by atoms with Crippen LogP contribution in [0.2, 0.25) is 0 Å². The van der Waals surface area contributed by atoms with Crippen molar-refractivity contribution in [2.24, 2.45) is 0 Å². The van der Waals surface area contributed by atoms with E-state index in [1.165, 1.54) is 0 Å². The maximum absolute atomic E-state index is 11.5. The Morgan fingerprint density at radius 2 is 2.00 bits per heavy atom. The third-order valence-corrected chi connectivity index (χ3v) is 3.05. The molecule has 110 valence electrons. The second kappa shape index (κ2) is 8.58. The molecule has 1 rings (SSSR count). The smallest absolute Gasteiger partial charge is 0.305 e. The van der Waals surface area contributed by atoms with Crippen molar-refractivity contribution in [2.75, 3.05) is 6.61 Å². The number of carboxylic acids is 1. The summed E-state index contributed by atoms with van der Waals surface area (Å²) in [6, 6.07) is 7.11. The minimum absolute atomic E-state index is 0.0683. The molecule has 1 atom stereocenters. The first-order chi connectivity index (χ1) is 9.47. The normalized spacial score (nSPS) is 11.7. The fourth-order valence-corrected chi connectivity index (χ4v) is 1.88. The molecule has 1 amide bonds. The summed E-state index contributed by atoms with van der Waals surface area (Å²) in [7, 11) is 0. The lowest BCUT2D eigenvalue weighted by Crippen LogP contribution is -2.34. The first-order valence-electron chi connectivity index (χ1n) is 6.37. The van der Waals surface area contributed by atoms with Crippen LogP contribution in [0, 0.1) is 0 Å². The number of carbonyl (C=O) groups excluding carboxylic acids is 1. The minimum Gasteiger partial charge on any atom is -0.494 e. The molecule has 1 aromatic carbocycles. The molecule has 0 aliphatic heterocycles. The number of nitrogens with one attached hydrogen (secondary N) is 1. The van der Waals surface area contributed by atoms with Crippen molar-refractivity contribution in [3.05, 3.63) is 28.7 Å². The average Bonchev–Trinajstić information content (AvgIpc) is 2.35. The maximum atomic E-state index is 11.5. The molecule has 1 aromatic rings. The Morgan fingerprint density at radius 3 is 2.60 bits per heavy atom. The van der Waals surface area contributed by atoms with Gasteiger partial charge in [-0.3, -0.25) is 9.59 Å². The van der Waals surface area contributed by atoms with Crippen LogP contribution in [0.5, 0.6) is 5.75 Å². The van der Waals surface area contributed by atoms with E-state index in [1.54, 1.807) is 6.92 Å². The van der Waals surface area contributed by atoms with E-state index in [4.69, 9.17) is 9.84 Å². The van der Waals surface area contributed by atoms with Crippen LogP contribution in [0.25, 0.3) is 0 Å². The van der Waals surface area contributed by atoms with Gasteiger partial charge in [-0.25, -0.2) is 0 Å². The molecule has 0 radical (unpaired) electrons. The van der Waals surface area contributed by atoms with Gasteiger partial charge in [0.1, 0.15) is 5.75 Å². The van der Waals surface area contributed by atoms with Crippen LogP contribution >= 0.6 is 15.9 Å². The van der Waals surface area contributed by atoms with Crippen molar-refractivity contribution in [1.82, 2.24) is 5.32 Å². The largest absolute Gasteiger partial charge is 0.494 e. The third-order valence-electron chi connectivity index (χ3n) is 2.52. The topological polar surface area (TPSA) is 75.6 Å². The Balaban J connectivity index is 2.15. The number of carbonyl (C=O) groups is 2. The van der Waals surface area contributed by atoms with Crippen molar-refractivity contribution in [3.8, 4) is 5.75 Å². The summed E-state index contributed by atoms with van der Waals surface area (Å²) in [5.41, 5.74) is 0. The van der Waals surface area contributed by atoms with E-state index >= 15 is 0 Å². The lowest BCUT2D eigenvalue weighted by atomic mass is 10.2. The van der Waals surface area contributed by atoms with Crippen LogP contribution in [0.4, 0.5) is 0 Å². The predicted molar refractivity (Wildman–Crippen MR) is 78.7 cm³/mol. The van der Waals surface area contributed by atoms with E-state index in [1.807, 2.05) is 24.3 Å². The molecule has 0 saturated carbocycles. The molecule has 6 heteroatoms. The van der Waals surface area contributed by atoms with E-state index in [-0.39, 0.29) is 18.4 Å². The zero-order valence-corrected chi connectivity index (χ0v) is 12.9. The van der Waals surface area contributed by atoms with Crippen LogP contribution in [0.1, 0.15) is 26.2 Å². The Labute approximate surface area is 126 Å². The highest BCUT2D eigenvalue weighted by Gasteiger charge is 2.10. The van der Waals surface area contributed by atoms with Crippen molar-refractivity contribution in [2.45, 2.75) is 32.2 Å². The molecule has 0 spiro atoms. The predicted octanol–water partition coefficient (Wildman–Crippen LogP) is 2.59. The number of hydrogen-bond acceptors (Lipinski definition) is 3. The van der Waals surface area contributed by atoms with Gasteiger partial charge in [0, 0.05) is 16.9 Å². The Bertz CT molecular complexity index is 447. The standard InChI is InChI=1S/C14H18BrNO4/c1-10(9-14(18)19)16-13(17)3-2-8-20-12-6-4-11(15)5-7-12/h4-7,10H,2-3,8-9H2,1H3,(H,16,17)(H,18,19). The summed E-state index contributed by atoms with van der Waals surface area (Å²) >= 11 is 3.34. The highest BCUT2D eigenvalue weighted by Crippen LogP contribution is 2.16. The van der Waals surface area contributed by atoms with Crippen molar-refractivity contribution in [3.63, 3.8) is 0 Å². The van der Waals surface area contributed by atoms with Gasteiger partial charge in [-0.15, -0.1) is 0 Å². The first kappa shape index (κ1) is 16.5. The van der Waals surface area contributed by atoms with Gasteiger partial charge in [0.05, 0.1) is 13.0 Å². The summed E-state index contributed by atoms with van der Waals surface area (Å²) in [6.07, 6.45) is 0.837. The first-order valence-corrected chi connectivity index (χ1v) is 7.16. The van der Waals surface area contributed by atoms with E-state index in [9.17, 15) is 9.59 Å². The summed E-state index contributed by atoms with van der Waals surface area (Å²) in [5.74, 6) is -0.317. The van der Waals surface area contributed by atoms with E-state index in [0.29, 0.717) is 19.4 Å². The van der Waals surface area contributed by atoms with Crippen molar-refractivity contribution in [1.29, 1.82) is 0 Å². The number of carboxylic acid groups (broad SMARTS) is 1. The number of aliphatic carboxylic acids is 1. The number of halogens is 1. The monoisotopic (exact) mass is 343 g/mol. The van der Waals surface area contributed by atoms with Gasteiger partial charge >= 0.3 is 5.97 Å². The average molecular weight is 344 g/mol. The molecule has 0 aliphatic carbocycles. The Morgan fingerprint density at radius 1 is 1.35 bits per heavy atom. The van der Waals surface area contributed by atoms with Crippen LogP contribution < -0.4 is 10.1 Å². The number of benzene rings is 1. The number of ether oxygens (including phenoxy) is 1. The van der Waals surface area contributed by atoms with Gasteiger partial charge in [0.15, 0.2) is 0 Å². The SMILES string of the molecule is CC(CC(=O)O)NC(=O)CCCOc1ccc(Br)cc1. The second-order valence-electron chi connectivity index (χ2n) is 4.47. The second-order valence-corrected chi connectivity index (χ2v) is 5.39. The quantitative estimate of drug-likeness (QED) is 0.711. The minimum atomic E-state index is -0.920. The van der Waals surface area contributed by atoms with Crippen LogP contribution in [0.3, 0.4) is 0 Å². The van der Waals surface area contributed by atoms with Gasteiger partial charge in [0.25, 0.3) is 0 Å². The lowest BCUT2D eigenvalue weighted by molar-refractivity contribution is -0.137. The summed E-state index contributed by atoms with van der Waals surface area (Å²) in [6.45, 7) is 2.12. The Kier molecular flexibility index (Phi) is 7.08. The molecule has 5 nitrogen and oxygen atoms in total. The summed E-state index contributed by atoms with van der Waals surface area (Å²) in [5, 5.41) is 11.2. The molecular weight excluding hydrogens is 326 g/mol. The maximum Gasteiger partial charge on any atom is 0.305 e. The molecule has 0 fully saturated rings.